The van der Waals surface area contributed by atoms with Gasteiger partial charge in [-0.05, 0) is 74.4 Å². The molecule has 0 radical (unpaired) electrons. The number of aryl methyl sites for hydroxylation is 1. The van der Waals surface area contributed by atoms with Crippen molar-refractivity contribution in [1.29, 1.82) is 5.26 Å². The molecule has 1 saturated heterocycles. The molecule has 1 aliphatic heterocycles. The molecular formula is C34H32F2N6O4. The highest BCUT2D eigenvalue weighted by Crippen LogP contribution is 2.26. The number of nitrogens with zero attached hydrogens (tertiary/aromatic N) is 6. The number of imidazole rings is 2. The Hall–Kier alpha value is -5.28. The third-order valence-corrected chi connectivity index (χ3v) is 8.20. The van der Waals surface area contributed by atoms with Gasteiger partial charge in [-0.1, -0.05) is 0 Å². The van der Waals surface area contributed by atoms with Gasteiger partial charge in [0, 0.05) is 31.4 Å². The number of hydrogen-bond acceptors (Lipinski definition) is 7. The summed E-state index contributed by atoms with van der Waals surface area (Å²) in [5, 5.41) is 18.5. The van der Waals surface area contributed by atoms with Crippen molar-refractivity contribution in [2.75, 3.05) is 13.1 Å². The Kier molecular flexibility index (Phi) is 8.94. The summed E-state index contributed by atoms with van der Waals surface area (Å²) in [5.74, 6) is -0.893. The zero-order chi connectivity index (χ0) is 32.2. The molecule has 10 nitrogen and oxygen atoms in total. The Morgan fingerprint density at radius 1 is 1.07 bits per heavy atom. The Morgan fingerprint density at radius 2 is 1.89 bits per heavy atom. The maximum absolute atomic E-state index is 14.5. The zero-order valence-corrected chi connectivity index (χ0v) is 25.2. The van der Waals surface area contributed by atoms with Gasteiger partial charge in [-0.3, -0.25) is 4.90 Å². The summed E-state index contributed by atoms with van der Waals surface area (Å²) in [6.07, 6.45) is 5.01. The molecule has 0 bridgehead atoms. The summed E-state index contributed by atoms with van der Waals surface area (Å²) in [4.78, 5) is 23.2. The second-order valence-corrected chi connectivity index (χ2v) is 11.2. The Bertz CT molecular complexity index is 1920. The van der Waals surface area contributed by atoms with Gasteiger partial charge in [-0.2, -0.15) is 5.26 Å². The van der Waals surface area contributed by atoms with E-state index in [0.717, 1.165) is 61.1 Å². The minimum Gasteiger partial charge on any atom is -0.490 e. The largest absolute Gasteiger partial charge is 0.490 e. The van der Waals surface area contributed by atoms with Crippen molar-refractivity contribution in [3.05, 3.63) is 107 Å². The fourth-order valence-electron chi connectivity index (χ4n) is 5.68. The number of likely N-dealkylation sites (tertiary alicyclic amines) is 1. The number of aromatic carboxylic acids is 1. The normalized spacial score (nSPS) is 14.0. The first-order valence-corrected chi connectivity index (χ1v) is 15.0. The third kappa shape index (κ3) is 6.69. The first-order chi connectivity index (χ1) is 22.3. The average molecular weight is 627 g/mol. The van der Waals surface area contributed by atoms with E-state index in [0.29, 0.717) is 18.8 Å². The van der Waals surface area contributed by atoms with Gasteiger partial charge in [0.2, 0.25) is 0 Å². The maximum atomic E-state index is 14.5. The molecule has 1 fully saturated rings. The molecule has 0 aliphatic carbocycles. The van der Waals surface area contributed by atoms with Crippen LogP contribution in [-0.2, 0) is 26.2 Å². The third-order valence-electron chi connectivity index (χ3n) is 8.20. The van der Waals surface area contributed by atoms with Crippen LogP contribution in [0.25, 0.3) is 11.0 Å². The first kappa shape index (κ1) is 30.7. The molecular weight excluding hydrogens is 594 g/mol. The lowest BCUT2D eigenvalue weighted by atomic mass is 10.1. The number of carbonyl (C=O) groups is 1. The van der Waals surface area contributed by atoms with E-state index >= 15 is 0 Å². The van der Waals surface area contributed by atoms with E-state index in [1.165, 1.54) is 18.2 Å². The topological polar surface area (TPSA) is 118 Å². The lowest BCUT2D eigenvalue weighted by Crippen LogP contribution is -2.38. The molecule has 0 unspecified atom stereocenters. The number of carboxylic acid groups (broad SMARTS) is 1. The minimum absolute atomic E-state index is 0.0658. The molecule has 0 saturated carbocycles. The summed E-state index contributed by atoms with van der Waals surface area (Å²) in [5.41, 5.74) is 3.11. The fraction of sp³-hybridized carbons (Fsp3) is 0.294. The zero-order valence-electron chi connectivity index (χ0n) is 25.2. The molecule has 0 spiro atoms. The molecule has 46 heavy (non-hydrogen) atoms. The SMILES string of the molecule is CCn1cncc1Cn1c(CN2CCC(Oc3ccc(F)c(COc4ccc(C#N)cc4F)c3)CC2)nc2ccc(C(=O)O)cc21. The predicted octanol–water partition coefficient (Wildman–Crippen LogP) is 5.77. The molecule has 236 valence electrons. The smallest absolute Gasteiger partial charge is 0.335 e. The lowest BCUT2D eigenvalue weighted by Gasteiger charge is -2.32. The van der Waals surface area contributed by atoms with Crippen LogP contribution in [0.3, 0.4) is 0 Å². The Morgan fingerprint density at radius 3 is 2.63 bits per heavy atom. The van der Waals surface area contributed by atoms with E-state index in [1.807, 2.05) is 19.2 Å². The van der Waals surface area contributed by atoms with Gasteiger partial charge in [0.15, 0.2) is 11.6 Å². The van der Waals surface area contributed by atoms with E-state index in [2.05, 4.69) is 19.0 Å². The van der Waals surface area contributed by atoms with Crippen molar-refractivity contribution in [3.63, 3.8) is 0 Å². The van der Waals surface area contributed by atoms with Gasteiger partial charge in [0.05, 0.1) is 53.3 Å². The van der Waals surface area contributed by atoms with Crippen molar-refractivity contribution in [2.45, 2.75) is 52.1 Å². The number of aromatic nitrogens is 4. The molecule has 3 aromatic carbocycles. The van der Waals surface area contributed by atoms with Gasteiger partial charge in [-0.25, -0.2) is 23.5 Å². The van der Waals surface area contributed by atoms with E-state index in [4.69, 9.17) is 19.7 Å². The molecule has 6 rings (SSSR count). The van der Waals surface area contributed by atoms with Crippen molar-refractivity contribution in [1.82, 2.24) is 24.0 Å². The first-order valence-electron chi connectivity index (χ1n) is 15.0. The van der Waals surface area contributed by atoms with Crippen LogP contribution in [0.4, 0.5) is 8.78 Å². The second kappa shape index (κ2) is 13.4. The van der Waals surface area contributed by atoms with Crippen LogP contribution >= 0.6 is 0 Å². The van der Waals surface area contributed by atoms with Crippen molar-refractivity contribution < 1.29 is 28.2 Å². The monoisotopic (exact) mass is 626 g/mol. The predicted molar refractivity (Wildman–Crippen MR) is 164 cm³/mol. The number of ether oxygens (including phenoxy) is 2. The maximum Gasteiger partial charge on any atom is 0.335 e. The number of halogens is 2. The summed E-state index contributed by atoms with van der Waals surface area (Å²) in [6.45, 7) is 5.20. The van der Waals surface area contributed by atoms with Crippen LogP contribution in [0.15, 0.2) is 67.1 Å². The van der Waals surface area contributed by atoms with E-state index in [-0.39, 0.29) is 35.2 Å². The summed E-state index contributed by atoms with van der Waals surface area (Å²) in [7, 11) is 0. The summed E-state index contributed by atoms with van der Waals surface area (Å²) < 4.78 is 44.6. The second-order valence-electron chi connectivity index (χ2n) is 11.2. The van der Waals surface area contributed by atoms with E-state index in [9.17, 15) is 18.7 Å². The highest BCUT2D eigenvalue weighted by Gasteiger charge is 2.24. The molecule has 1 aliphatic rings. The number of fused-ring (bicyclic) bond motifs is 1. The van der Waals surface area contributed by atoms with Gasteiger partial charge in [0.25, 0.3) is 0 Å². The number of hydrogen-bond donors (Lipinski definition) is 1. The molecule has 0 atom stereocenters. The Balaban J connectivity index is 1.11. The highest BCUT2D eigenvalue weighted by atomic mass is 19.1. The highest BCUT2D eigenvalue weighted by molar-refractivity contribution is 5.92. The summed E-state index contributed by atoms with van der Waals surface area (Å²) >= 11 is 0. The molecule has 3 heterocycles. The lowest BCUT2D eigenvalue weighted by molar-refractivity contribution is 0.0697. The quantitative estimate of drug-likeness (QED) is 0.196. The Labute approximate surface area is 264 Å². The number of rotatable bonds is 11. The average Bonchev–Trinajstić information content (AvgIpc) is 3.66. The standard InChI is InChI=1S/C34H32F2N6O4/c1-2-41-21-38-17-25(41)18-42-31-15-23(34(43)44)4-7-30(31)39-33(42)19-40-11-9-26(10-12-40)46-27-5-6-28(35)24(14-27)20-45-32-8-3-22(16-37)13-29(32)36/h3-8,13-15,17,21,26H,2,9-12,18-20H2,1H3,(H,43,44). The number of benzene rings is 3. The molecule has 1 N–H and O–H groups in total. The van der Waals surface area contributed by atoms with Crippen LogP contribution in [0, 0.1) is 23.0 Å². The van der Waals surface area contributed by atoms with E-state index in [1.54, 1.807) is 36.7 Å². The number of nitriles is 1. The molecule has 0 amide bonds. The van der Waals surface area contributed by atoms with Gasteiger partial charge < -0.3 is 23.7 Å². The van der Waals surface area contributed by atoms with E-state index < -0.39 is 17.6 Å². The number of carboxylic acids is 1. The molecule has 12 heteroatoms. The van der Waals surface area contributed by atoms with Crippen LogP contribution < -0.4 is 9.47 Å². The van der Waals surface area contributed by atoms with Crippen LogP contribution in [0.2, 0.25) is 0 Å². The van der Waals surface area contributed by atoms with Crippen molar-refractivity contribution >= 4 is 17.0 Å². The molecule has 5 aromatic rings. The van der Waals surface area contributed by atoms with Crippen LogP contribution in [-0.4, -0.2) is 54.3 Å². The van der Waals surface area contributed by atoms with Crippen molar-refractivity contribution in [2.24, 2.45) is 0 Å². The van der Waals surface area contributed by atoms with Crippen LogP contribution in [0.1, 0.15) is 52.8 Å². The van der Waals surface area contributed by atoms with Gasteiger partial charge in [-0.15, -0.1) is 0 Å². The molecule has 2 aromatic heterocycles. The number of piperidine rings is 1. The van der Waals surface area contributed by atoms with Gasteiger partial charge >= 0.3 is 5.97 Å². The van der Waals surface area contributed by atoms with Crippen LogP contribution in [0.5, 0.6) is 11.5 Å². The summed E-state index contributed by atoms with van der Waals surface area (Å²) in [6, 6.07) is 15.2. The minimum atomic E-state index is -0.988. The fourth-order valence-corrected chi connectivity index (χ4v) is 5.68. The van der Waals surface area contributed by atoms with Crippen molar-refractivity contribution in [3.8, 4) is 17.6 Å². The van der Waals surface area contributed by atoms with Gasteiger partial charge in [0.1, 0.15) is 30.1 Å².